The number of hydrogen-bond acceptors (Lipinski definition) is 0. The molecule has 14 heavy (non-hydrogen) atoms. The lowest BCUT2D eigenvalue weighted by Gasteiger charge is -2.12. The molecule has 0 amide bonds. The van der Waals surface area contributed by atoms with Gasteiger partial charge in [0, 0.05) is 0 Å². The van der Waals surface area contributed by atoms with Crippen molar-refractivity contribution in [2.24, 2.45) is 11.8 Å². The summed E-state index contributed by atoms with van der Waals surface area (Å²) in [5.74, 6) is 1.83. The van der Waals surface area contributed by atoms with E-state index < -0.39 is 0 Å². The summed E-state index contributed by atoms with van der Waals surface area (Å²) in [7, 11) is 0. The Morgan fingerprint density at radius 3 is 3.00 bits per heavy atom. The molecule has 2 aliphatic rings. The van der Waals surface area contributed by atoms with Crippen molar-refractivity contribution in [3.63, 3.8) is 0 Å². The van der Waals surface area contributed by atoms with Crippen LogP contribution < -0.4 is 0 Å². The largest absolute Gasteiger partial charge is 0.0843 e. The predicted octanol–water partition coefficient (Wildman–Crippen LogP) is 4.48. The van der Waals surface area contributed by atoms with E-state index in [9.17, 15) is 0 Å². The Bertz CT molecular complexity index is 255. The molecule has 0 aromatic heterocycles. The van der Waals surface area contributed by atoms with Crippen LogP contribution in [0.15, 0.2) is 23.3 Å². The van der Waals surface area contributed by atoms with E-state index >= 15 is 0 Å². The predicted molar refractivity (Wildman–Crippen MR) is 62.2 cm³/mol. The maximum absolute atomic E-state index is 2.41. The Kier molecular flexibility index (Phi) is 3.10. The third kappa shape index (κ3) is 2.29. The van der Waals surface area contributed by atoms with Crippen LogP contribution in [0.3, 0.4) is 0 Å². The average Bonchev–Trinajstić information content (AvgIpc) is 2.34. The lowest BCUT2D eigenvalue weighted by molar-refractivity contribution is 0.422. The van der Waals surface area contributed by atoms with Crippen LogP contribution >= 0.6 is 0 Å². The van der Waals surface area contributed by atoms with E-state index in [4.69, 9.17) is 0 Å². The maximum Gasteiger partial charge on any atom is -0.0248 e. The molecule has 78 valence electrons. The lowest BCUT2D eigenvalue weighted by atomic mass is 9.93. The minimum atomic E-state index is 0.868. The van der Waals surface area contributed by atoms with Crippen molar-refractivity contribution in [3.05, 3.63) is 23.3 Å². The highest BCUT2D eigenvalue weighted by Crippen LogP contribution is 2.39. The molecular weight excluding hydrogens is 168 g/mol. The van der Waals surface area contributed by atoms with Crippen molar-refractivity contribution < 1.29 is 0 Å². The first kappa shape index (κ1) is 10.0. The Hall–Kier alpha value is -0.520. The zero-order valence-corrected chi connectivity index (χ0v) is 9.55. The second-order valence-corrected chi connectivity index (χ2v) is 5.33. The van der Waals surface area contributed by atoms with Gasteiger partial charge in [-0.25, -0.2) is 0 Å². The number of rotatable bonds is 2. The van der Waals surface area contributed by atoms with Gasteiger partial charge in [0.1, 0.15) is 0 Å². The number of hydrogen-bond donors (Lipinski definition) is 0. The maximum atomic E-state index is 2.41. The Labute approximate surface area is 88.1 Å². The van der Waals surface area contributed by atoms with Crippen molar-refractivity contribution in [3.8, 4) is 0 Å². The van der Waals surface area contributed by atoms with Gasteiger partial charge >= 0.3 is 0 Å². The van der Waals surface area contributed by atoms with Crippen molar-refractivity contribution >= 4 is 0 Å². The third-order valence-electron chi connectivity index (χ3n) is 3.47. The van der Waals surface area contributed by atoms with Gasteiger partial charge < -0.3 is 0 Å². The monoisotopic (exact) mass is 190 g/mol. The molecule has 0 radical (unpaired) electrons. The molecule has 0 bridgehead atoms. The standard InChI is InChI=1S/C14H22/c1-11(2)8-12-9-13-6-4-3-5-7-14(13)10-12/h4,6,11-12H,3,5,7-10H2,1-2H3. The molecule has 0 aromatic rings. The zero-order chi connectivity index (χ0) is 9.97. The molecule has 1 atom stereocenters. The van der Waals surface area contributed by atoms with Crippen molar-refractivity contribution in [1.29, 1.82) is 0 Å². The minimum absolute atomic E-state index is 0.868. The third-order valence-corrected chi connectivity index (χ3v) is 3.47. The van der Waals surface area contributed by atoms with Crippen LogP contribution in [-0.2, 0) is 0 Å². The lowest BCUT2D eigenvalue weighted by Crippen LogP contribution is -2.00. The molecule has 0 N–H and O–H groups in total. The topological polar surface area (TPSA) is 0 Å². The molecule has 0 fully saturated rings. The minimum Gasteiger partial charge on any atom is -0.0843 e. The molecule has 0 nitrogen and oxygen atoms in total. The summed E-state index contributed by atoms with van der Waals surface area (Å²) in [5, 5.41) is 0. The average molecular weight is 190 g/mol. The second-order valence-electron chi connectivity index (χ2n) is 5.33. The zero-order valence-electron chi connectivity index (χ0n) is 9.55. The van der Waals surface area contributed by atoms with Gasteiger partial charge in [-0.3, -0.25) is 0 Å². The fraction of sp³-hybridized carbons (Fsp3) is 0.714. The van der Waals surface area contributed by atoms with Gasteiger partial charge in [0.15, 0.2) is 0 Å². The summed E-state index contributed by atoms with van der Waals surface area (Å²) in [4.78, 5) is 0. The number of allylic oxidation sites excluding steroid dienone is 4. The van der Waals surface area contributed by atoms with E-state index in [1.54, 1.807) is 11.1 Å². The van der Waals surface area contributed by atoms with Crippen LogP contribution in [0.2, 0.25) is 0 Å². The smallest absolute Gasteiger partial charge is 0.0248 e. The molecule has 0 aliphatic heterocycles. The Morgan fingerprint density at radius 1 is 1.36 bits per heavy atom. The first-order valence-electron chi connectivity index (χ1n) is 6.13. The first-order valence-corrected chi connectivity index (χ1v) is 6.13. The molecule has 1 unspecified atom stereocenters. The van der Waals surface area contributed by atoms with Gasteiger partial charge in [0.2, 0.25) is 0 Å². The van der Waals surface area contributed by atoms with Crippen molar-refractivity contribution in [1.82, 2.24) is 0 Å². The fourth-order valence-corrected chi connectivity index (χ4v) is 2.95. The molecule has 0 saturated carbocycles. The molecule has 0 saturated heterocycles. The van der Waals surface area contributed by atoms with Crippen LogP contribution in [0.1, 0.15) is 52.4 Å². The summed E-state index contributed by atoms with van der Waals surface area (Å²) in [6, 6.07) is 0. The molecule has 0 aromatic carbocycles. The highest BCUT2D eigenvalue weighted by Gasteiger charge is 2.23. The van der Waals surface area contributed by atoms with Gasteiger partial charge in [0.05, 0.1) is 0 Å². The van der Waals surface area contributed by atoms with Crippen LogP contribution in [0.5, 0.6) is 0 Å². The molecule has 2 rings (SSSR count). The first-order chi connectivity index (χ1) is 6.75. The highest BCUT2D eigenvalue weighted by molar-refractivity contribution is 5.32. The Balaban J connectivity index is 1.96. The van der Waals surface area contributed by atoms with E-state index in [0.717, 1.165) is 11.8 Å². The van der Waals surface area contributed by atoms with E-state index in [-0.39, 0.29) is 0 Å². The van der Waals surface area contributed by atoms with Gasteiger partial charge in [-0.2, -0.15) is 0 Å². The van der Waals surface area contributed by atoms with Crippen molar-refractivity contribution in [2.45, 2.75) is 52.4 Å². The van der Waals surface area contributed by atoms with Crippen LogP contribution in [0, 0.1) is 11.8 Å². The van der Waals surface area contributed by atoms with Crippen LogP contribution in [0.25, 0.3) is 0 Å². The fourth-order valence-electron chi connectivity index (χ4n) is 2.95. The van der Waals surface area contributed by atoms with Gasteiger partial charge in [-0.1, -0.05) is 31.6 Å². The quantitative estimate of drug-likeness (QED) is 0.602. The van der Waals surface area contributed by atoms with E-state index in [2.05, 4.69) is 26.0 Å². The van der Waals surface area contributed by atoms with E-state index in [1.807, 2.05) is 0 Å². The molecule has 0 heteroatoms. The molecule has 0 spiro atoms. The van der Waals surface area contributed by atoms with Gasteiger partial charge in [-0.05, 0) is 55.9 Å². The Morgan fingerprint density at radius 2 is 2.21 bits per heavy atom. The summed E-state index contributed by atoms with van der Waals surface area (Å²) in [6.07, 6.45) is 13.0. The summed E-state index contributed by atoms with van der Waals surface area (Å²) < 4.78 is 0. The van der Waals surface area contributed by atoms with E-state index in [0.29, 0.717) is 0 Å². The second kappa shape index (κ2) is 4.33. The summed E-state index contributed by atoms with van der Waals surface area (Å²) in [5.41, 5.74) is 3.47. The van der Waals surface area contributed by atoms with Gasteiger partial charge in [0.25, 0.3) is 0 Å². The van der Waals surface area contributed by atoms with Crippen LogP contribution in [0.4, 0.5) is 0 Å². The normalized spacial score (nSPS) is 26.9. The molecular formula is C14H22. The van der Waals surface area contributed by atoms with E-state index in [1.165, 1.54) is 38.5 Å². The SMILES string of the molecule is CC(C)CC1CC2=C(CCCC=C2)C1. The summed E-state index contributed by atoms with van der Waals surface area (Å²) in [6.45, 7) is 4.69. The summed E-state index contributed by atoms with van der Waals surface area (Å²) >= 11 is 0. The molecule has 0 heterocycles. The highest BCUT2D eigenvalue weighted by atomic mass is 14.3. The van der Waals surface area contributed by atoms with Crippen LogP contribution in [-0.4, -0.2) is 0 Å². The molecule has 2 aliphatic carbocycles. The van der Waals surface area contributed by atoms with Crippen molar-refractivity contribution in [2.75, 3.05) is 0 Å². The van der Waals surface area contributed by atoms with Gasteiger partial charge in [-0.15, -0.1) is 0 Å².